The number of rotatable bonds is 9. The summed E-state index contributed by atoms with van der Waals surface area (Å²) in [4.78, 5) is 0. The lowest BCUT2D eigenvalue weighted by molar-refractivity contribution is -0.0748. The number of ether oxygens (including phenoxy) is 3. The van der Waals surface area contributed by atoms with Crippen LogP contribution in [0.3, 0.4) is 0 Å². The van der Waals surface area contributed by atoms with Crippen LogP contribution in [0.2, 0.25) is 0 Å². The van der Waals surface area contributed by atoms with Crippen molar-refractivity contribution < 1.29 is 14.2 Å². The molecule has 0 saturated carbocycles. The van der Waals surface area contributed by atoms with Gasteiger partial charge in [-0.1, -0.05) is 6.92 Å². The van der Waals surface area contributed by atoms with Crippen molar-refractivity contribution in [3.63, 3.8) is 0 Å². The van der Waals surface area contributed by atoms with Crippen LogP contribution in [0.5, 0.6) is 0 Å². The Bertz CT molecular complexity index is 139. The van der Waals surface area contributed by atoms with Gasteiger partial charge < -0.3 is 14.2 Å². The molecule has 0 aromatic heterocycles. The zero-order valence-electron chi connectivity index (χ0n) is 10.8. The molecule has 0 N–H and O–H groups in total. The predicted octanol–water partition coefficient (Wildman–Crippen LogP) is 2.63. The quantitative estimate of drug-likeness (QED) is 0.595. The molecule has 3 nitrogen and oxygen atoms in total. The molecular formula is C12H26O3. The van der Waals surface area contributed by atoms with E-state index in [1.165, 1.54) is 0 Å². The highest BCUT2D eigenvalue weighted by atomic mass is 16.6. The maximum atomic E-state index is 5.69. The molecule has 0 fully saturated rings. The van der Waals surface area contributed by atoms with Crippen LogP contribution in [0.4, 0.5) is 0 Å². The van der Waals surface area contributed by atoms with Gasteiger partial charge in [-0.3, -0.25) is 0 Å². The molecule has 3 heteroatoms. The molecule has 0 bridgehead atoms. The van der Waals surface area contributed by atoms with E-state index in [9.17, 15) is 0 Å². The molecule has 3 atom stereocenters. The number of hydrogen-bond donors (Lipinski definition) is 0. The molecule has 0 rings (SSSR count). The van der Waals surface area contributed by atoms with Gasteiger partial charge in [0, 0.05) is 6.61 Å². The summed E-state index contributed by atoms with van der Waals surface area (Å²) in [6.45, 7) is 12.3. The van der Waals surface area contributed by atoms with E-state index in [0.717, 1.165) is 13.0 Å². The monoisotopic (exact) mass is 218 g/mol. The van der Waals surface area contributed by atoms with Gasteiger partial charge >= 0.3 is 0 Å². The molecule has 0 aliphatic carbocycles. The summed E-state index contributed by atoms with van der Waals surface area (Å²) in [6.07, 6.45) is 1.65. The Morgan fingerprint density at radius 2 is 1.53 bits per heavy atom. The third kappa shape index (κ3) is 8.85. The molecule has 0 aliphatic heterocycles. The zero-order valence-corrected chi connectivity index (χ0v) is 10.8. The van der Waals surface area contributed by atoms with Crippen LogP contribution in [0, 0.1) is 0 Å². The van der Waals surface area contributed by atoms with Crippen molar-refractivity contribution in [2.45, 2.75) is 59.4 Å². The lowest BCUT2D eigenvalue weighted by Gasteiger charge is -2.20. The summed E-state index contributed by atoms with van der Waals surface area (Å²) in [7, 11) is 0. The van der Waals surface area contributed by atoms with Crippen molar-refractivity contribution in [2.24, 2.45) is 0 Å². The molecule has 0 amide bonds. The normalized spacial score (nSPS) is 17.4. The lowest BCUT2D eigenvalue weighted by Crippen LogP contribution is -2.26. The van der Waals surface area contributed by atoms with Crippen molar-refractivity contribution in [3.8, 4) is 0 Å². The van der Waals surface area contributed by atoms with Crippen molar-refractivity contribution >= 4 is 0 Å². The van der Waals surface area contributed by atoms with Crippen molar-refractivity contribution in [1.82, 2.24) is 0 Å². The van der Waals surface area contributed by atoms with E-state index in [1.54, 1.807) is 0 Å². The van der Waals surface area contributed by atoms with Gasteiger partial charge in [0.15, 0.2) is 0 Å². The first-order valence-electron chi connectivity index (χ1n) is 5.94. The molecule has 0 radical (unpaired) electrons. The Morgan fingerprint density at radius 3 is 2.07 bits per heavy atom. The zero-order chi connectivity index (χ0) is 11.7. The minimum absolute atomic E-state index is 0.146. The Balaban J connectivity index is 3.47. The molecule has 0 aliphatic rings. The average Bonchev–Trinajstić information content (AvgIpc) is 2.23. The summed E-state index contributed by atoms with van der Waals surface area (Å²) < 4.78 is 16.6. The Morgan fingerprint density at radius 1 is 0.867 bits per heavy atom. The fraction of sp³-hybridized carbons (Fsp3) is 1.00. The van der Waals surface area contributed by atoms with Gasteiger partial charge in [0.1, 0.15) is 0 Å². The van der Waals surface area contributed by atoms with Gasteiger partial charge in [-0.15, -0.1) is 0 Å². The van der Waals surface area contributed by atoms with Gasteiger partial charge in [0.25, 0.3) is 0 Å². The van der Waals surface area contributed by atoms with Crippen LogP contribution in [0.25, 0.3) is 0 Å². The van der Waals surface area contributed by atoms with E-state index < -0.39 is 0 Å². The minimum Gasteiger partial charge on any atom is -0.379 e. The minimum atomic E-state index is 0.146. The van der Waals surface area contributed by atoms with Crippen LogP contribution in [-0.2, 0) is 14.2 Å². The molecule has 0 saturated heterocycles. The third-order valence-electron chi connectivity index (χ3n) is 2.21. The summed E-state index contributed by atoms with van der Waals surface area (Å²) in [5.41, 5.74) is 0. The van der Waals surface area contributed by atoms with Crippen LogP contribution in [-0.4, -0.2) is 38.1 Å². The molecule has 0 spiro atoms. The largest absolute Gasteiger partial charge is 0.379 e. The Kier molecular flexibility index (Phi) is 9.06. The highest BCUT2D eigenvalue weighted by Crippen LogP contribution is 2.03. The lowest BCUT2D eigenvalue weighted by atomic mass is 10.3. The summed E-state index contributed by atoms with van der Waals surface area (Å²) in [6, 6.07) is 0. The molecule has 0 aromatic carbocycles. The first kappa shape index (κ1) is 14.9. The molecule has 0 aromatic rings. The van der Waals surface area contributed by atoms with Gasteiger partial charge in [0.2, 0.25) is 0 Å². The highest BCUT2D eigenvalue weighted by Gasteiger charge is 2.09. The van der Waals surface area contributed by atoms with E-state index in [-0.39, 0.29) is 12.2 Å². The fourth-order valence-corrected chi connectivity index (χ4v) is 1.16. The van der Waals surface area contributed by atoms with Crippen LogP contribution in [0.1, 0.15) is 41.0 Å². The van der Waals surface area contributed by atoms with Gasteiger partial charge in [-0.2, -0.15) is 0 Å². The number of hydrogen-bond acceptors (Lipinski definition) is 3. The van der Waals surface area contributed by atoms with E-state index >= 15 is 0 Å². The van der Waals surface area contributed by atoms with E-state index in [0.29, 0.717) is 19.3 Å². The van der Waals surface area contributed by atoms with Crippen molar-refractivity contribution in [2.75, 3.05) is 19.8 Å². The second-order valence-electron chi connectivity index (χ2n) is 3.97. The Hall–Kier alpha value is -0.120. The van der Waals surface area contributed by atoms with Crippen LogP contribution < -0.4 is 0 Å². The van der Waals surface area contributed by atoms with E-state index in [1.807, 2.05) is 20.8 Å². The van der Waals surface area contributed by atoms with Crippen LogP contribution in [0.15, 0.2) is 0 Å². The van der Waals surface area contributed by atoms with Crippen molar-refractivity contribution in [1.29, 1.82) is 0 Å². The second-order valence-corrected chi connectivity index (χ2v) is 3.97. The maximum Gasteiger partial charge on any atom is 0.0784 e. The van der Waals surface area contributed by atoms with Gasteiger partial charge in [-0.25, -0.2) is 0 Å². The molecule has 15 heavy (non-hydrogen) atoms. The predicted molar refractivity (Wildman–Crippen MR) is 62.2 cm³/mol. The van der Waals surface area contributed by atoms with E-state index in [4.69, 9.17) is 14.2 Å². The summed E-state index contributed by atoms with van der Waals surface area (Å²) in [5.74, 6) is 0. The molecule has 92 valence electrons. The summed E-state index contributed by atoms with van der Waals surface area (Å²) >= 11 is 0. The average molecular weight is 218 g/mol. The summed E-state index contributed by atoms with van der Waals surface area (Å²) in [5, 5.41) is 0. The smallest absolute Gasteiger partial charge is 0.0784 e. The van der Waals surface area contributed by atoms with E-state index in [2.05, 4.69) is 13.8 Å². The standard InChI is InChI=1S/C12H26O3/c1-6-10(3)15-12(5)9-14-11(4)8-13-7-2/h10-12H,6-9H2,1-5H3. The van der Waals surface area contributed by atoms with Gasteiger partial charge in [-0.05, 0) is 34.1 Å². The van der Waals surface area contributed by atoms with Gasteiger partial charge in [0.05, 0.1) is 31.5 Å². The molecular weight excluding hydrogens is 192 g/mol. The maximum absolute atomic E-state index is 5.69. The molecule has 3 unspecified atom stereocenters. The molecule has 0 heterocycles. The van der Waals surface area contributed by atoms with Crippen LogP contribution >= 0.6 is 0 Å². The second kappa shape index (κ2) is 9.13. The van der Waals surface area contributed by atoms with Crippen molar-refractivity contribution in [3.05, 3.63) is 0 Å². The first-order valence-corrected chi connectivity index (χ1v) is 5.94. The topological polar surface area (TPSA) is 27.7 Å². The third-order valence-corrected chi connectivity index (χ3v) is 2.21. The SMILES string of the molecule is CCOCC(C)OCC(C)OC(C)CC. The first-order chi connectivity index (χ1) is 7.10. The highest BCUT2D eigenvalue weighted by molar-refractivity contribution is 4.55. The fourth-order valence-electron chi connectivity index (χ4n) is 1.16. The Labute approximate surface area is 94.1 Å².